The summed E-state index contributed by atoms with van der Waals surface area (Å²) < 4.78 is 1.75. The van der Waals surface area contributed by atoms with Crippen molar-refractivity contribution in [3.8, 4) is 0 Å². The quantitative estimate of drug-likeness (QED) is 0.771. The molecule has 3 heterocycles. The topological polar surface area (TPSA) is 76.0 Å². The van der Waals surface area contributed by atoms with Crippen LogP contribution in [0.4, 0.5) is 11.5 Å². The molecule has 24 heavy (non-hydrogen) atoms. The Morgan fingerprint density at radius 3 is 2.67 bits per heavy atom. The van der Waals surface area contributed by atoms with Crippen LogP contribution in [0.3, 0.4) is 0 Å². The summed E-state index contributed by atoms with van der Waals surface area (Å²) in [5.74, 6) is 0.119. The van der Waals surface area contributed by atoms with E-state index in [-0.39, 0.29) is 23.8 Å². The highest BCUT2D eigenvalue weighted by Crippen LogP contribution is 2.51. The molecule has 1 spiro atoms. The third kappa shape index (κ3) is 1.80. The van der Waals surface area contributed by atoms with Gasteiger partial charge < -0.3 is 10.6 Å². The van der Waals surface area contributed by atoms with Gasteiger partial charge in [-0.2, -0.15) is 5.10 Å². The van der Waals surface area contributed by atoms with E-state index in [4.69, 9.17) is 11.6 Å². The number of halogens is 1. The molecule has 124 valence electrons. The lowest BCUT2D eigenvalue weighted by molar-refractivity contribution is -0.125. The molecule has 1 aromatic carbocycles. The fraction of sp³-hybridized carbons (Fsp3) is 0.353. The maximum Gasteiger partial charge on any atom is 0.240 e. The van der Waals surface area contributed by atoms with Gasteiger partial charge in [-0.3, -0.25) is 9.59 Å². The number of carbonyl (C=O) groups excluding carboxylic acids is 2. The Labute approximate surface area is 144 Å². The van der Waals surface area contributed by atoms with Gasteiger partial charge in [0.2, 0.25) is 11.8 Å². The van der Waals surface area contributed by atoms with E-state index in [0.29, 0.717) is 22.1 Å². The zero-order valence-electron chi connectivity index (χ0n) is 13.6. The third-order valence-corrected chi connectivity index (χ3v) is 4.96. The van der Waals surface area contributed by atoms with Crippen LogP contribution >= 0.6 is 11.6 Å². The number of carbonyl (C=O) groups is 2. The van der Waals surface area contributed by atoms with Crippen LogP contribution in [0.2, 0.25) is 5.02 Å². The van der Waals surface area contributed by atoms with E-state index in [1.165, 1.54) is 0 Å². The molecule has 0 radical (unpaired) electrons. The molecule has 7 heteroatoms. The van der Waals surface area contributed by atoms with Crippen molar-refractivity contribution >= 4 is 34.9 Å². The summed E-state index contributed by atoms with van der Waals surface area (Å²) in [5.41, 5.74) is 0.598. The molecule has 4 rings (SSSR count). The number of nitrogens with one attached hydrogen (secondary N) is 2. The van der Waals surface area contributed by atoms with Crippen molar-refractivity contribution in [2.24, 2.45) is 0 Å². The number of para-hydroxylation sites is 1. The number of hydrogen-bond acceptors (Lipinski definition) is 3. The Hall–Kier alpha value is -2.34. The molecule has 2 aliphatic rings. The number of anilines is 2. The van der Waals surface area contributed by atoms with E-state index in [1.807, 2.05) is 26.8 Å². The van der Waals surface area contributed by atoms with Gasteiger partial charge in [-0.15, -0.1) is 0 Å². The monoisotopic (exact) mass is 344 g/mol. The van der Waals surface area contributed by atoms with Crippen molar-refractivity contribution in [3.05, 3.63) is 40.5 Å². The summed E-state index contributed by atoms with van der Waals surface area (Å²) in [6.45, 7) is 5.98. The van der Waals surface area contributed by atoms with Crippen LogP contribution in [0, 0.1) is 0 Å². The van der Waals surface area contributed by atoms with E-state index >= 15 is 0 Å². The number of rotatable bonds is 0. The molecule has 2 N–H and O–H groups in total. The van der Waals surface area contributed by atoms with Gasteiger partial charge in [0, 0.05) is 12.0 Å². The second-order valence-corrected chi connectivity index (χ2v) is 7.64. The van der Waals surface area contributed by atoms with Gasteiger partial charge in [-0.05, 0) is 32.4 Å². The molecule has 6 nitrogen and oxygen atoms in total. The fourth-order valence-corrected chi connectivity index (χ4v) is 3.82. The van der Waals surface area contributed by atoms with Crippen molar-refractivity contribution in [2.45, 2.75) is 38.1 Å². The van der Waals surface area contributed by atoms with E-state index in [9.17, 15) is 9.59 Å². The summed E-state index contributed by atoms with van der Waals surface area (Å²) in [7, 11) is 0. The zero-order valence-corrected chi connectivity index (χ0v) is 14.4. The second kappa shape index (κ2) is 4.60. The molecule has 1 atom stereocenters. The first-order valence-electron chi connectivity index (χ1n) is 7.74. The van der Waals surface area contributed by atoms with Crippen LogP contribution in [-0.2, 0) is 20.5 Å². The van der Waals surface area contributed by atoms with Crippen LogP contribution in [0.5, 0.6) is 0 Å². The lowest BCUT2D eigenvalue weighted by Gasteiger charge is -2.33. The molecular weight excluding hydrogens is 328 g/mol. The van der Waals surface area contributed by atoms with Gasteiger partial charge in [0.15, 0.2) is 0 Å². The summed E-state index contributed by atoms with van der Waals surface area (Å²) in [5, 5.41) is 10.6. The van der Waals surface area contributed by atoms with Gasteiger partial charge in [0.05, 0.1) is 22.4 Å². The molecule has 0 saturated carbocycles. The maximum atomic E-state index is 12.9. The Morgan fingerprint density at radius 1 is 1.21 bits per heavy atom. The Morgan fingerprint density at radius 2 is 1.96 bits per heavy atom. The predicted molar refractivity (Wildman–Crippen MR) is 91.3 cm³/mol. The molecule has 0 bridgehead atoms. The first-order valence-corrected chi connectivity index (χ1v) is 8.12. The summed E-state index contributed by atoms with van der Waals surface area (Å²) in [4.78, 5) is 25.4. The van der Waals surface area contributed by atoms with Gasteiger partial charge in [-0.25, -0.2) is 4.68 Å². The zero-order chi connectivity index (χ0) is 17.3. The Kier molecular flexibility index (Phi) is 2.91. The minimum atomic E-state index is -1.08. The smallest absolute Gasteiger partial charge is 0.240 e. The molecular formula is C17H17ClN4O2. The number of benzene rings is 1. The van der Waals surface area contributed by atoms with Crippen LogP contribution in [0.25, 0.3) is 0 Å². The van der Waals surface area contributed by atoms with Crippen LogP contribution in [0.1, 0.15) is 38.3 Å². The molecule has 0 fully saturated rings. The van der Waals surface area contributed by atoms with Crippen molar-refractivity contribution in [2.75, 3.05) is 10.6 Å². The normalized spacial score (nSPS) is 22.2. The predicted octanol–water partition coefficient (Wildman–Crippen LogP) is 2.87. The first-order chi connectivity index (χ1) is 11.2. The Balaban J connectivity index is 2.03. The standard InChI is InChI=1S/C17H17ClN4O2/c1-16(2,3)22-14-10(8-19-22)17(7-12(23)20-14)9-5-4-6-11(18)13(9)21-15(17)24/h4-6,8H,7H2,1-3H3,(H,20,23)(H,21,24)/t17-/m0/s1. The largest absolute Gasteiger partial charge is 0.323 e. The van der Waals surface area contributed by atoms with Crippen molar-refractivity contribution in [1.82, 2.24) is 9.78 Å². The van der Waals surface area contributed by atoms with Crippen LogP contribution in [-0.4, -0.2) is 21.6 Å². The van der Waals surface area contributed by atoms with Gasteiger partial charge in [0.1, 0.15) is 11.2 Å². The van der Waals surface area contributed by atoms with Gasteiger partial charge in [0.25, 0.3) is 0 Å². The first kappa shape index (κ1) is 15.2. The average molecular weight is 345 g/mol. The van der Waals surface area contributed by atoms with E-state index in [0.717, 1.165) is 5.56 Å². The summed E-state index contributed by atoms with van der Waals surface area (Å²) >= 11 is 6.24. The van der Waals surface area contributed by atoms with Crippen molar-refractivity contribution < 1.29 is 9.59 Å². The minimum Gasteiger partial charge on any atom is -0.323 e. The number of nitrogens with zero attached hydrogens (tertiary/aromatic N) is 2. The highest BCUT2D eigenvalue weighted by molar-refractivity contribution is 6.35. The highest BCUT2D eigenvalue weighted by atomic mass is 35.5. The van der Waals surface area contributed by atoms with Gasteiger partial charge >= 0.3 is 0 Å². The van der Waals surface area contributed by atoms with Crippen molar-refractivity contribution in [3.63, 3.8) is 0 Å². The number of amides is 2. The van der Waals surface area contributed by atoms with E-state index in [2.05, 4.69) is 15.7 Å². The maximum absolute atomic E-state index is 12.9. The molecule has 0 unspecified atom stereocenters. The third-order valence-electron chi connectivity index (χ3n) is 4.65. The van der Waals surface area contributed by atoms with E-state index < -0.39 is 5.41 Å². The molecule has 1 aromatic heterocycles. The Bertz CT molecular complexity index is 896. The number of hydrogen-bond donors (Lipinski definition) is 2. The number of fused-ring (bicyclic) bond motifs is 4. The molecule has 0 saturated heterocycles. The van der Waals surface area contributed by atoms with Crippen molar-refractivity contribution in [1.29, 1.82) is 0 Å². The lowest BCUT2D eigenvalue weighted by Crippen LogP contribution is -2.44. The molecule has 0 aliphatic carbocycles. The SMILES string of the molecule is CC(C)(C)n1ncc2c1NC(=O)C[C@@]21C(=O)Nc2c(Cl)cccc21. The molecule has 2 aromatic rings. The molecule has 2 amide bonds. The highest BCUT2D eigenvalue weighted by Gasteiger charge is 2.55. The minimum absolute atomic E-state index is 0.0367. The average Bonchev–Trinajstić information content (AvgIpc) is 3.02. The summed E-state index contributed by atoms with van der Waals surface area (Å²) in [6.07, 6.45) is 1.71. The lowest BCUT2D eigenvalue weighted by atomic mass is 9.72. The van der Waals surface area contributed by atoms with Crippen LogP contribution < -0.4 is 10.6 Å². The second-order valence-electron chi connectivity index (χ2n) is 7.24. The molecule has 2 aliphatic heterocycles. The van der Waals surface area contributed by atoms with Gasteiger partial charge in [-0.1, -0.05) is 23.7 Å². The van der Waals surface area contributed by atoms with E-state index in [1.54, 1.807) is 23.0 Å². The number of aromatic nitrogens is 2. The fourth-order valence-electron chi connectivity index (χ4n) is 3.59. The van der Waals surface area contributed by atoms with Crippen LogP contribution in [0.15, 0.2) is 24.4 Å². The summed E-state index contributed by atoms with van der Waals surface area (Å²) in [6, 6.07) is 5.36.